The van der Waals surface area contributed by atoms with Gasteiger partial charge in [-0.2, -0.15) is 0 Å². The summed E-state index contributed by atoms with van der Waals surface area (Å²) >= 11 is 0. The van der Waals surface area contributed by atoms with Gasteiger partial charge in [0.2, 0.25) is 5.89 Å². The first-order valence-electron chi connectivity index (χ1n) is 5.72. The molecule has 0 bridgehead atoms. The maximum atomic E-state index is 9.42. The van der Waals surface area contributed by atoms with Crippen LogP contribution in [0, 0.1) is 0 Å². The van der Waals surface area contributed by atoms with Crippen LogP contribution >= 0.6 is 0 Å². The van der Waals surface area contributed by atoms with Gasteiger partial charge in [-0.1, -0.05) is 12.1 Å². The first-order valence-corrected chi connectivity index (χ1v) is 5.72. The summed E-state index contributed by atoms with van der Waals surface area (Å²) in [6.45, 7) is 0. The normalized spacial score (nSPS) is 17.7. The summed E-state index contributed by atoms with van der Waals surface area (Å²) < 4.78 is 5.45. The fourth-order valence-electron chi connectivity index (χ4n) is 2.07. The zero-order chi connectivity index (χ0) is 11.9. The summed E-state index contributed by atoms with van der Waals surface area (Å²) in [6, 6.07) is 6.94. The number of nitrogens with zero attached hydrogens (tertiary/aromatic N) is 1. The lowest BCUT2D eigenvalue weighted by atomic mass is 9.78. The van der Waals surface area contributed by atoms with E-state index in [-0.39, 0.29) is 11.3 Å². The minimum Gasteiger partial charge on any atom is -0.508 e. The molecule has 1 aliphatic carbocycles. The highest BCUT2D eigenvalue weighted by atomic mass is 16.3. The Labute approximate surface area is 99.1 Å². The van der Waals surface area contributed by atoms with Gasteiger partial charge in [0.15, 0.2) is 0 Å². The van der Waals surface area contributed by atoms with Crippen molar-refractivity contribution in [1.29, 1.82) is 0 Å². The Morgan fingerprint density at radius 3 is 2.82 bits per heavy atom. The third-order valence-electron chi connectivity index (χ3n) is 3.32. The second-order valence-electron chi connectivity index (χ2n) is 4.60. The highest BCUT2D eigenvalue weighted by molar-refractivity contribution is 5.60. The molecule has 0 aliphatic heterocycles. The smallest absolute Gasteiger partial charge is 0.214 e. The van der Waals surface area contributed by atoms with Crippen molar-refractivity contribution in [2.45, 2.75) is 24.8 Å². The topological polar surface area (TPSA) is 72.3 Å². The second-order valence-corrected chi connectivity index (χ2v) is 4.60. The quantitative estimate of drug-likeness (QED) is 0.830. The van der Waals surface area contributed by atoms with E-state index >= 15 is 0 Å². The number of rotatable bonds is 2. The number of phenols is 1. The maximum absolute atomic E-state index is 9.42. The summed E-state index contributed by atoms with van der Waals surface area (Å²) in [4.78, 5) is 4.41. The fraction of sp³-hybridized carbons (Fsp3) is 0.308. The highest BCUT2D eigenvalue weighted by Gasteiger charge is 2.39. The minimum atomic E-state index is -0.380. The second kappa shape index (κ2) is 3.60. The Morgan fingerprint density at radius 2 is 2.18 bits per heavy atom. The standard InChI is InChI=1S/C13H14N2O2/c14-13(5-2-6-13)12-15-11(8-17-12)9-3-1-4-10(16)7-9/h1,3-4,7-8,16H,2,5-6,14H2. The molecular formula is C13H14N2O2. The molecule has 0 radical (unpaired) electrons. The molecule has 4 nitrogen and oxygen atoms in total. The zero-order valence-electron chi connectivity index (χ0n) is 9.39. The van der Waals surface area contributed by atoms with E-state index in [0.29, 0.717) is 11.6 Å². The van der Waals surface area contributed by atoms with E-state index in [1.165, 1.54) is 0 Å². The summed E-state index contributed by atoms with van der Waals surface area (Å²) in [5, 5.41) is 9.42. The Morgan fingerprint density at radius 1 is 1.35 bits per heavy atom. The van der Waals surface area contributed by atoms with Crippen molar-refractivity contribution in [3.8, 4) is 17.0 Å². The molecule has 0 atom stereocenters. The van der Waals surface area contributed by atoms with Crippen molar-refractivity contribution in [3.63, 3.8) is 0 Å². The van der Waals surface area contributed by atoms with Gasteiger partial charge in [-0.05, 0) is 31.4 Å². The van der Waals surface area contributed by atoms with E-state index < -0.39 is 0 Å². The lowest BCUT2D eigenvalue weighted by Gasteiger charge is -2.34. The number of oxazole rings is 1. The van der Waals surface area contributed by atoms with E-state index in [4.69, 9.17) is 10.2 Å². The number of benzene rings is 1. The van der Waals surface area contributed by atoms with Crippen molar-refractivity contribution in [2.75, 3.05) is 0 Å². The Hall–Kier alpha value is -1.81. The van der Waals surface area contributed by atoms with Crippen LogP contribution in [0.1, 0.15) is 25.2 Å². The van der Waals surface area contributed by atoms with Crippen molar-refractivity contribution < 1.29 is 9.52 Å². The average Bonchev–Trinajstić information content (AvgIpc) is 2.75. The Bertz CT molecular complexity index is 544. The third-order valence-corrected chi connectivity index (χ3v) is 3.32. The molecule has 1 heterocycles. The van der Waals surface area contributed by atoms with Gasteiger partial charge in [0.1, 0.15) is 17.7 Å². The van der Waals surface area contributed by atoms with Crippen LogP contribution < -0.4 is 5.73 Å². The largest absolute Gasteiger partial charge is 0.508 e. The number of aromatic hydroxyl groups is 1. The summed E-state index contributed by atoms with van der Waals surface area (Å²) in [5.74, 6) is 0.820. The molecule has 0 spiro atoms. The number of hydrogen-bond donors (Lipinski definition) is 2. The van der Waals surface area contributed by atoms with Crippen LogP contribution in [-0.4, -0.2) is 10.1 Å². The van der Waals surface area contributed by atoms with Crippen LogP contribution in [-0.2, 0) is 5.54 Å². The van der Waals surface area contributed by atoms with Gasteiger partial charge < -0.3 is 15.3 Å². The van der Waals surface area contributed by atoms with Crippen LogP contribution in [0.4, 0.5) is 0 Å². The number of nitrogens with two attached hydrogens (primary N) is 1. The fourth-order valence-corrected chi connectivity index (χ4v) is 2.07. The Balaban J connectivity index is 1.95. The molecular weight excluding hydrogens is 216 g/mol. The van der Waals surface area contributed by atoms with Crippen LogP contribution in [0.2, 0.25) is 0 Å². The van der Waals surface area contributed by atoms with Crippen LogP contribution in [0.15, 0.2) is 34.9 Å². The first-order chi connectivity index (χ1) is 8.17. The number of phenolic OH excluding ortho intramolecular Hbond substituents is 1. The molecule has 88 valence electrons. The number of aromatic nitrogens is 1. The SMILES string of the molecule is NC1(c2nc(-c3cccc(O)c3)co2)CCC1. The van der Waals surface area contributed by atoms with E-state index in [1.54, 1.807) is 24.5 Å². The van der Waals surface area contributed by atoms with Crippen molar-refractivity contribution >= 4 is 0 Å². The molecule has 1 aromatic heterocycles. The van der Waals surface area contributed by atoms with Gasteiger partial charge in [-0.25, -0.2) is 4.98 Å². The van der Waals surface area contributed by atoms with Gasteiger partial charge in [-0.15, -0.1) is 0 Å². The van der Waals surface area contributed by atoms with Crippen LogP contribution in [0.3, 0.4) is 0 Å². The highest BCUT2D eigenvalue weighted by Crippen LogP contribution is 2.39. The minimum absolute atomic E-state index is 0.221. The van der Waals surface area contributed by atoms with Crippen molar-refractivity contribution in [2.24, 2.45) is 5.73 Å². The zero-order valence-corrected chi connectivity index (χ0v) is 9.39. The molecule has 2 aromatic rings. The summed E-state index contributed by atoms with van der Waals surface area (Å²) in [6.07, 6.45) is 4.57. The molecule has 4 heteroatoms. The van der Waals surface area contributed by atoms with E-state index in [9.17, 15) is 5.11 Å². The Kier molecular flexibility index (Phi) is 2.19. The van der Waals surface area contributed by atoms with Crippen LogP contribution in [0.5, 0.6) is 5.75 Å². The van der Waals surface area contributed by atoms with Crippen molar-refractivity contribution in [1.82, 2.24) is 4.98 Å². The lowest BCUT2D eigenvalue weighted by Crippen LogP contribution is -2.43. The van der Waals surface area contributed by atoms with Gasteiger partial charge >= 0.3 is 0 Å². The predicted octanol–water partition coefficient (Wildman–Crippen LogP) is 2.39. The predicted molar refractivity (Wildman–Crippen MR) is 63.3 cm³/mol. The molecule has 0 unspecified atom stereocenters. The van der Waals surface area contributed by atoms with Gasteiger partial charge in [0.05, 0.1) is 5.54 Å². The molecule has 1 fully saturated rings. The van der Waals surface area contributed by atoms with E-state index in [0.717, 1.165) is 24.8 Å². The summed E-state index contributed by atoms with van der Waals surface area (Å²) in [7, 11) is 0. The monoisotopic (exact) mass is 230 g/mol. The van der Waals surface area contributed by atoms with E-state index in [1.807, 2.05) is 6.07 Å². The molecule has 3 N–H and O–H groups in total. The molecule has 0 amide bonds. The third kappa shape index (κ3) is 1.70. The van der Waals surface area contributed by atoms with Crippen LogP contribution in [0.25, 0.3) is 11.3 Å². The maximum Gasteiger partial charge on any atom is 0.214 e. The van der Waals surface area contributed by atoms with Gasteiger partial charge in [-0.3, -0.25) is 0 Å². The first kappa shape index (κ1) is 10.4. The van der Waals surface area contributed by atoms with Gasteiger partial charge in [0, 0.05) is 5.56 Å². The molecule has 3 rings (SSSR count). The summed E-state index contributed by atoms with van der Waals surface area (Å²) in [5.41, 5.74) is 7.31. The van der Waals surface area contributed by atoms with E-state index in [2.05, 4.69) is 4.98 Å². The van der Waals surface area contributed by atoms with Gasteiger partial charge in [0.25, 0.3) is 0 Å². The molecule has 0 saturated heterocycles. The number of hydrogen-bond acceptors (Lipinski definition) is 4. The molecule has 17 heavy (non-hydrogen) atoms. The lowest BCUT2D eigenvalue weighted by molar-refractivity contribution is 0.199. The molecule has 1 saturated carbocycles. The average molecular weight is 230 g/mol. The van der Waals surface area contributed by atoms with Crippen molar-refractivity contribution in [3.05, 3.63) is 36.4 Å². The molecule has 1 aliphatic rings. The molecule has 1 aromatic carbocycles.